The van der Waals surface area contributed by atoms with E-state index in [-0.39, 0.29) is 11.5 Å². The van der Waals surface area contributed by atoms with E-state index in [9.17, 15) is 4.79 Å². The lowest BCUT2D eigenvalue weighted by atomic mass is 10.1. The first-order valence-electron chi connectivity index (χ1n) is 8.13. The Balaban J connectivity index is 2.04. The quantitative estimate of drug-likeness (QED) is 0.517. The molecule has 25 heavy (non-hydrogen) atoms. The molecule has 0 aliphatic rings. The van der Waals surface area contributed by atoms with Crippen molar-refractivity contribution >= 4 is 33.1 Å². The maximum atomic E-state index is 11.7. The van der Waals surface area contributed by atoms with Crippen LogP contribution in [0.1, 0.15) is 19.9 Å². The van der Waals surface area contributed by atoms with Gasteiger partial charge in [-0.3, -0.25) is 9.48 Å². The van der Waals surface area contributed by atoms with Gasteiger partial charge >= 0.3 is 0 Å². The van der Waals surface area contributed by atoms with Crippen LogP contribution in [-0.4, -0.2) is 14.8 Å². The molecule has 6 nitrogen and oxygen atoms in total. The second-order valence-corrected chi connectivity index (χ2v) is 6.38. The third-order valence-electron chi connectivity index (χ3n) is 4.45. The van der Waals surface area contributed by atoms with Gasteiger partial charge in [-0.1, -0.05) is 0 Å². The monoisotopic (exact) mass is 333 g/mol. The van der Waals surface area contributed by atoms with E-state index in [2.05, 4.69) is 18.9 Å². The van der Waals surface area contributed by atoms with Crippen molar-refractivity contribution < 1.29 is 8.83 Å². The van der Waals surface area contributed by atoms with Crippen LogP contribution in [0.25, 0.3) is 44.4 Å². The fourth-order valence-electron chi connectivity index (χ4n) is 3.32. The third-order valence-corrected chi connectivity index (χ3v) is 4.45. The zero-order valence-electron chi connectivity index (χ0n) is 13.7. The van der Waals surface area contributed by atoms with E-state index in [0.29, 0.717) is 16.9 Å². The van der Waals surface area contributed by atoms with Crippen molar-refractivity contribution in [3.8, 4) is 11.3 Å². The first-order valence-corrected chi connectivity index (χ1v) is 8.13. The minimum Gasteiger partial charge on any atom is -0.464 e. The smallest absolute Gasteiger partial charge is 0.182 e. The molecule has 0 aliphatic heterocycles. The average molecular weight is 333 g/mol. The SMILES string of the molecule is CC(C)n1[nH]cc2c(-c3ccco3)c3oc4cc(=O)ccc4c3nc21. The molecule has 0 bridgehead atoms. The fourth-order valence-corrected chi connectivity index (χ4v) is 3.32. The Bertz CT molecular complexity index is 1290. The minimum absolute atomic E-state index is 0.0873. The summed E-state index contributed by atoms with van der Waals surface area (Å²) in [5, 5.41) is 4.99. The normalized spacial score (nSPS) is 12.1. The molecule has 6 heteroatoms. The summed E-state index contributed by atoms with van der Waals surface area (Å²) in [5.74, 6) is 0.703. The molecule has 0 atom stereocenters. The van der Waals surface area contributed by atoms with Gasteiger partial charge in [0.25, 0.3) is 0 Å². The lowest BCUT2D eigenvalue weighted by molar-refractivity contribution is 0.547. The molecule has 1 aromatic carbocycles. The van der Waals surface area contributed by atoms with Gasteiger partial charge in [0.2, 0.25) is 0 Å². The zero-order chi connectivity index (χ0) is 17.1. The van der Waals surface area contributed by atoms with Gasteiger partial charge in [0.15, 0.2) is 16.7 Å². The molecular formula is C19H15N3O3. The molecule has 4 heterocycles. The number of furan rings is 2. The number of nitrogens with zero attached hydrogens (tertiary/aromatic N) is 2. The minimum atomic E-state index is -0.0873. The number of nitrogens with one attached hydrogen (secondary N) is 1. The van der Waals surface area contributed by atoms with Crippen molar-refractivity contribution in [3.05, 3.63) is 53.0 Å². The molecule has 5 rings (SSSR count). The van der Waals surface area contributed by atoms with Crippen molar-refractivity contribution in [2.24, 2.45) is 0 Å². The Morgan fingerprint density at radius 3 is 2.84 bits per heavy atom. The van der Waals surface area contributed by atoms with Crippen molar-refractivity contribution in [1.29, 1.82) is 0 Å². The molecule has 0 unspecified atom stereocenters. The van der Waals surface area contributed by atoms with Crippen molar-refractivity contribution in [2.75, 3.05) is 0 Å². The zero-order valence-corrected chi connectivity index (χ0v) is 13.7. The van der Waals surface area contributed by atoms with Gasteiger partial charge in [-0.2, -0.15) is 0 Å². The van der Waals surface area contributed by atoms with Gasteiger partial charge in [0.1, 0.15) is 16.9 Å². The Morgan fingerprint density at radius 1 is 1.20 bits per heavy atom. The van der Waals surface area contributed by atoms with Gasteiger partial charge < -0.3 is 13.9 Å². The van der Waals surface area contributed by atoms with Crippen molar-refractivity contribution in [1.82, 2.24) is 14.8 Å². The van der Waals surface area contributed by atoms with Crippen LogP contribution >= 0.6 is 0 Å². The number of rotatable bonds is 2. The number of benzene rings is 1. The molecule has 4 aromatic heterocycles. The van der Waals surface area contributed by atoms with E-state index in [1.165, 1.54) is 12.1 Å². The lowest BCUT2D eigenvalue weighted by Crippen LogP contribution is -2.03. The van der Waals surface area contributed by atoms with Crippen LogP contribution in [0, 0.1) is 0 Å². The number of pyridine rings is 1. The Morgan fingerprint density at radius 2 is 2.08 bits per heavy atom. The first-order chi connectivity index (χ1) is 12.1. The van der Waals surface area contributed by atoms with Crippen LogP contribution in [0.5, 0.6) is 0 Å². The van der Waals surface area contributed by atoms with Crippen molar-refractivity contribution in [3.63, 3.8) is 0 Å². The summed E-state index contributed by atoms with van der Waals surface area (Å²) in [5.41, 5.74) is 3.46. The first kappa shape index (κ1) is 14.1. The summed E-state index contributed by atoms with van der Waals surface area (Å²) in [6.07, 6.45) is 3.54. The molecule has 0 spiro atoms. The molecule has 0 fully saturated rings. The molecule has 0 aliphatic carbocycles. The highest BCUT2D eigenvalue weighted by Gasteiger charge is 2.22. The van der Waals surface area contributed by atoms with Crippen LogP contribution in [0.4, 0.5) is 0 Å². The molecular weight excluding hydrogens is 318 g/mol. The van der Waals surface area contributed by atoms with E-state index in [1.54, 1.807) is 12.3 Å². The van der Waals surface area contributed by atoms with Gasteiger partial charge in [0, 0.05) is 23.7 Å². The number of hydrogen-bond acceptors (Lipinski definition) is 4. The summed E-state index contributed by atoms with van der Waals surface area (Å²) in [6, 6.07) is 8.75. The van der Waals surface area contributed by atoms with Gasteiger partial charge in [-0.05, 0) is 38.1 Å². The van der Waals surface area contributed by atoms with E-state index in [4.69, 9.17) is 13.8 Å². The van der Waals surface area contributed by atoms with Crippen LogP contribution in [-0.2, 0) is 0 Å². The summed E-state index contributed by atoms with van der Waals surface area (Å²) in [7, 11) is 0. The maximum Gasteiger partial charge on any atom is 0.182 e. The Hall–Kier alpha value is -3.28. The summed E-state index contributed by atoms with van der Waals surface area (Å²) in [6.45, 7) is 4.18. The second-order valence-electron chi connectivity index (χ2n) is 6.38. The van der Waals surface area contributed by atoms with E-state index in [0.717, 1.165) is 27.5 Å². The van der Waals surface area contributed by atoms with E-state index >= 15 is 0 Å². The molecule has 0 saturated heterocycles. The maximum absolute atomic E-state index is 11.7. The molecule has 0 amide bonds. The standard InChI is InChI=1S/C19H15N3O3/c1-10(2)22-19-13(9-20-22)16(14-4-3-7-24-14)18-17(21-19)12-6-5-11(23)8-15(12)25-18/h3-10,20H,1-2H3. The lowest BCUT2D eigenvalue weighted by Gasteiger charge is -2.08. The number of fused-ring (bicyclic) bond motifs is 4. The second kappa shape index (κ2) is 4.86. The van der Waals surface area contributed by atoms with Gasteiger partial charge in [-0.15, -0.1) is 0 Å². The van der Waals surface area contributed by atoms with Crippen molar-refractivity contribution in [2.45, 2.75) is 19.9 Å². The predicted octanol–water partition coefficient (Wildman–Crippen LogP) is 4.46. The van der Waals surface area contributed by atoms with Crippen LogP contribution < -0.4 is 5.43 Å². The molecule has 1 N–H and O–H groups in total. The number of aromatic amines is 1. The predicted molar refractivity (Wildman–Crippen MR) is 95.7 cm³/mol. The number of aromatic nitrogens is 3. The number of H-pyrrole nitrogens is 1. The Labute approximate surface area is 141 Å². The molecule has 124 valence electrons. The third kappa shape index (κ3) is 1.91. The summed E-state index contributed by atoms with van der Waals surface area (Å²) < 4.78 is 13.7. The van der Waals surface area contributed by atoms with Crippen LogP contribution in [0.2, 0.25) is 0 Å². The summed E-state index contributed by atoms with van der Waals surface area (Å²) >= 11 is 0. The molecule has 0 radical (unpaired) electrons. The van der Waals surface area contributed by atoms with E-state index < -0.39 is 0 Å². The average Bonchev–Trinajstić information content (AvgIpc) is 3.30. The largest absolute Gasteiger partial charge is 0.464 e. The number of hydrogen-bond donors (Lipinski definition) is 1. The summed E-state index contributed by atoms with van der Waals surface area (Å²) in [4.78, 5) is 16.5. The topological polar surface area (TPSA) is 77.0 Å². The highest BCUT2D eigenvalue weighted by atomic mass is 16.3. The molecule has 5 aromatic rings. The van der Waals surface area contributed by atoms with Gasteiger partial charge in [0.05, 0.1) is 17.2 Å². The van der Waals surface area contributed by atoms with Gasteiger partial charge in [-0.25, -0.2) is 4.98 Å². The van der Waals surface area contributed by atoms with E-state index in [1.807, 2.05) is 23.0 Å². The van der Waals surface area contributed by atoms with Crippen LogP contribution in [0.15, 0.2) is 56.4 Å². The molecule has 0 saturated carbocycles. The van der Waals surface area contributed by atoms with Crippen LogP contribution in [0.3, 0.4) is 0 Å². The Kier molecular flexibility index (Phi) is 2.74. The highest BCUT2D eigenvalue weighted by molar-refractivity contribution is 6.13. The fraction of sp³-hybridized carbons (Fsp3) is 0.158. The highest BCUT2D eigenvalue weighted by Crippen LogP contribution is 2.39.